The summed E-state index contributed by atoms with van der Waals surface area (Å²) in [6.45, 7) is 0.931. The number of benzene rings is 2. The molecule has 0 spiro atoms. The molecule has 0 aliphatic carbocycles. The van der Waals surface area contributed by atoms with Gasteiger partial charge >= 0.3 is 0 Å². The molecule has 0 amide bonds. The molecule has 1 heterocycles. The SMILES string of the molecule is Brc1ccc(OCc2ccccc2)c(C[N-]c2nn[nH]n2)c1. The van der Waals surface area contributed by atoms with Gasteiger partial charge < -0.3 is 10.1 Å². The number of hydrogen-bond acceptors (Lipinski definition) is 4. The molecule has 0 fully saturated rings. The Balaban J connectivity index is 1.70. The molecule has 112 valence electrons. The smallest absolute Gasteiger partial charge is 0.123 e. The van der Waals surface area contributed by atoms with Crippen molar-refractivity contribution in [2.24, 2.45) is 0 Å². The van der Waals surface area contributed by atoms with Crippen LogP contribution in [-0.2, 0) is 13.2 Å². The molecule has 0 bridgehead atoms. The average molecular weight is 359 g/mol. The first-order valence-corrected chi connectivity index (χ1v) is 7.46. The third kappa shape index (κ3) is 3.82. The van der Waals surface area contributed by atoms with Crippen molar-refractivity contribution in [1.82, 2.24) is 20.6 Å². The Labute approximate surface area is 136 Å². The van der Waals surface area contributed by atoms with Crippen LogP contribution < -0.4 is 4.74 Å². The summed E-state index contributed by atoms with van der Waals surface area (Å²) in [5.41, 5.74) is 2.07. The molecular weight excluding hydrogens is 346 g/mol. The van der Waals surface area contributed by atoms with Crippen LogP contribution in [0.5, 0.6) is 5.75 Å². The summed E-state index contributed by atoms with van der Waals surface area (Å²) >= 11 is 3.46. The first-order valence-electron chi connectivity index (χ1n) is 6.67. The lowest BCUT2D eigenvalue weighted by molar-refractivity contribution is 0.303. The van der Waals surface area contributed by atoms with Crippen LogP contribution in [0.3, 0.4) is 0 Å². The van der Waals surface area contributed by atoms with Gasteiger partial charge in [-0.2, -0.15) is 0 Å². The molecule has 22 heavy (non-hydrogen) atoms. The highest BCUT2D eigenvalue weighted by atomic mass is 79.9. The number of halogens is 1. The van der Waals surface area contributed by atoms with Crippen molar-refractivity contribution < 1.29 is 4.74 Å². The highest BCUT2D eigenvalue weighted by Crippen LogP contribution is 2.27. The Hall–Kier alpha value is -2.41. The highest BCUT2D eigenvalue weighted by Gasteiger charge is 2.04. The molecule has 1 aromatic heterocycles. The second-order valence-electron chi connectivity index (χ2n) is 4.55. The molecule has 0 atom stereocenters. The molecule has 2 aromatic carbocycles. The van der Waals surface area contributed by atoms with E-state index in [1.165, 1.54) is 0 Å². The fourth-order valence-corrected chi connectivity index (χ4v) is 2.34. The van der Waals surface area contributed by atoms with Crippen LogP contribution in [0.25, 0.3) is 5.32 Å². The minimum absolute atomic E-state index is 0.328. The van der Waals surface area contributed by atoms with Crippen molar-refractivity contribution in [3.63, 3.8) is 0 Å². The van der Waals surface area contributed by atoms with Crippen LogP contribution in [0.15, 0.2) is 53.0 Å². The first kappa shape index (κ1) is 14.5. The average Bonchev–Trinajstić information content (AvgIpc) is 3.06. The maximum Gasteiger partial charge on any atom is 0.123 e. The molecule has 6 nitrogen and oxygen atoms in total. The number of tetrazole rings is 1. The lowest BCUT2D eigenvalue weighted by Gasteiger charge is -2.14. The van der Waals surface area contributed by atoms with E-state index in [4.69, 9.17) is 4.74 Å². The van der Waals surface area contributed by atoms with E-state index < -0.39 is 0 Å². The number of ether oxygens (including phenoxy) is 1. The summed E-state index contributed by atoms with van der Waals surface area (Å²) in [6.07, 6.45) is 0. The van der Waals surface area contributed by atoms with Gasteiger partial charge in [-0.3, -0.25) is 15.4 Å². The van der Waals surface area contributed by atoms with Gasteiger partial charge in [-0.15, -0.1) is 5.21 Å². The van der Waals surface area contributed by atoms with Crippen LogP contribution in [0.2, 0.25) is 0 Å². The fraction of sp³-hybridized carbons (Fsp3) is 0.133. The minimum atomic E-state index is 0.328. The number of aromatic nitrogens is 4. The predicted molar refractivity (Wildman–Crippen MR) is 85.8 cm³/mol. The van der Waals surface area contributed by atoms with E-state index in [0.29, 0.717) is 19.1 Å². The Kier molecular flexibility index (Phi) is 4.65. The van der Waals surface area contributed by atoms with E-state index in [1.54, 1.807) is 0 Å². The van der Waals surface area contributed by atoms with Crippen LogP contribution >= 0.6 is 15.9 Å². The van der Waals surface area contributed by atoms with Crippen molar-refractivity contribution in [2.45, 2.75) is 13.2 Å². The van der Waals surface area contributed by atoms with Gasteiger partial charge in [-0.05, 0) is 23.8 Å². The molecule has 3 aromatic rings. The van der Waals surface area contributed by atoms with Gasteiger partial charge in [0.1, 0.15) is 12.4 Å². The van der Waals surface area contributed by atoms with Crippen molar-refractivity contribution in [3.8, 4) is 5.75 Å². The predicted octanol–water partition coefficient (Wildman–Crippen LogP) is 3.75. The molecular formula is C15H13BrN5O-. The summed E-state index contributed by atoms with van der Waals surface area (Å²) in [5.74, 6) is 1.12. The topological polar surface area (TPSA) is 77.8 Å². The lowest BCUT2D eigenvalue weighted by Crippen LogP contribution is -1.98. The number of aromatic amines is 1. The molecule has 1 N–H and O–H groups in total. The van der Waals surface area contributed by atoms with Crippen LogP contribution in [0.4, 0.5) is 5.95 Å². The van der Waals surface area contributed by atoms with Crippen molar-refractivity contribution >= 4 is 21.9 Å². The molecule has 0 saturated heterocycles. The zero-order valence-corrected chi connectivity index (χ0v) is 13.2. The number of nitrogens with zero attached hydrogens (tertiary/aromatic N) is 4. The maximum absolute atomic E-state index is 5.90. The first-order chi connectivity index (χ1) is 10.8. The van der Waals surface area contributed by atoms with Crippen LogP contribution in [0.1, 0.15) is 11.1 Å². The Morgan fingerprint density at radius 3 is 2.77 bits per heavy atom. The Morgan fingerprint density at radius 1 is 1.14 bits per heavy atom. The van der Waals surface area contributed by atoms with Gasteiger partial charge in [-0.25, -0.2) is 0 Å². The zero-order valence-electron chi connectivity index (χ0n) is 11.6. The zero-order chi connectivity index (χ0) is 15.2. The quantitative estimate of drug-likeness (QED) is 0.727. The van der Waals surface area contributed by atoms with E-state index in [9.17, 15) is 0 Å². The normalized spacial score (nSPS) is 10.4. The van der Waals surface area contributed by atoms with Crippen molar-refractivity contribution in [3.05, 3.63) is 69.4 Å². The monoisotopic (exact) mass is 358 g/mol. The van der Waals surface area contributed by atoms with Gasteiger partial charge in [0.25, 0.3) is 0 Å². The third-order valence-electron chi connectivity index (χ3n) is 2.98. The summed E-state index contributed by atoms with van der Waals surface area (Å²) in [5, 5.41) is 17.8. The summed E-state index contributed by atoms with van der Waals surface area (Å²) < 4.78 is 6.87. The van der Waals surface area contributed by atoms with E-state index in [2.05, 4.69) is 41.9 Å². The summed E-state index contributed by atoms with van der Waals surface area (Å²) in [7, 11) is 0. The van der Waals surface area contributed by atoms with E-state index in [-0.39, 0.29) is 0 Å². The molecule has 0 aliphatic heterocycles. The molecule has 0 unspecified atom stereocenters. The lowest BCUT2D eigenvalue weighted by atomic mass is 10.2. The second-order valence-corrected chi connectivity index (χ2v) is 5.47. The van der Waals surface area contributed by atoms with E-state index in [0.717, 1.165) is 21.3 Å². The largest absolute Gasteiger partial charge is 0.489 e. The van der Waals surface area contributed by atoms with Gasteiger partial charge in [0.2, 0.25) is 0 Å². The van der Waals surface area contributed by atoms with Gasteiger partial charge in [0.05, 0.1) is 5.95 Å². The van der Waals surface area contributed by atoms with Gasteiger partial charge in [0.15, 0.2) is 0 Å². The second kappa shape index (κ2) is 7.04. The standard InChI is InChI=1S/C15H13BrN5O/c16-13-6-7-14(22-10-11-4-2-1-3-5-11)12(8-13)9-17-15-18-20-21-19-15/h1-8H,9-10H2,(H-,17,18,19,20,21)/q-1. The third-order valence-corrected chi connectivity index (χ3v) is 3.48. The molecule has 3 rings (SSSR count). The van der Waals surface area contributed by atoms with E-state index in [1.807, 2.05) is 48.5 Å². The van der Waals surface area contributed by atoms with Gasteiger partial charge in [-0.1, -0.05) is 46.3 Å². The fourth-order valence-electron chi connectivity index (χ4n) is 1.93. The van der Waals surface area contributed by atoms with Crippen LogP contribution in [-0.4, -0.2) is 20.6 Å². The summed E-state index contributed by atoms with van der Waals surface area (Å²) in [6, 6.07) is 15.9. The number of rotatable bonds is 6. The number of H-pyrrole nitrogens is 1. The van der Waals surface area contributed by atoms with Crippen molar-refractivity contribution in [1.29, 1.82) is 0 Å². The van der Waals surface area contributed by atoms with Gasteiger partial charge in [0, 0.05) is 16.6 Å². The minimum Gasteiger partial charge on any atom is -0.489 e. The van der Waals surface area contributed by atoms with Crippen molar-refractivity contribution in [2.75, 3.05) is 0 Å². The van der Waals surface area contributed by atoms with E-state index >= 15 is 0 Å². The molecule has 0 radical (unpaired) electrons. The highest BCUT2D eigenvalue weighted by molar-refractivity contribution is 9.10. The molecule has 0 saturated carbocycles. The van der Waals surface area contributed by atoms with Crippen LogP contribution in [0, 0.1) is 0 Å². The Morgan fingerprint density at radius 2 is 2.00 bits per heavy atom. The number of hydrogen-bond donors (Lipinski definition) is 1. The molecule has 0 aliphatic rings. The Bertz CT molecular complexity index is 718. The molecule has 7 heteroatoms. The summed E-state index contributed by atoms with van der Waals surface area (Å²) in [4.78, 5) is 0. The maximum atomic E-state index is 5.90. The number of nitrogens with one attached hydrogen (secondary N) is 1.